The average Bonchev–Trinajstić information content (AvgIpc) is 3.32. The van der Waals surface area contributed by atoms with Crippen molar-refractivity contribution in [1.82, 2.24) is 0 Å². The fourth-order valence-corrected chi connectivity index (χ4v) is 6.07. The highest BCUT2D eigenvalue weighted by atomic mass is 32.2. The summed E-state index contributed by atoms with van der Waals surface area (Å²) in [5.41, 5.74) is 1.42. The molecule has 3 aromatic carbocycles. The van der Waals surface area contributed by atoms with Gasteiger partial charge in [-0.05, 0) is 40.0 Å². The molecule has 8 nitrogen and oxygen atoms in total. The molecule has 3 aromatic rings. The largest absolute Gasteiger partial charge is 0.478 e. The molecule has 5 rings (SSSR count). The lowest BCUT2D eigenvalue weighted by atomic mass is 9.77. The first-order chi connectivity index (χ1) is 19.2. The Morgan fingerprint density at radius 2 is 1.48 bits per heavy atom. The van der Waals surface area contributed by atoms with Crippen LogP contribution in [0.25, 0.3) is 28.0 Å². The molecule has 0 radical (unpaired) electrons. The molecular formula is C31H27NO7S. The fourth-order valence-electron chi connectivity index (χ4n) is 5.25. The number of aliphatic carboxylic acids is 2. The number of fused-ring (bicyclic) bond motifs is 4. The number of hydrogen-bond donors (Lipinski definition) is 2. The van der Waals surface area contributed by atoms with Gasteiger partial charge in [0.25, 0.3) is 0 Å². The molecule has 40 heavy (non-hydrogen) atoms. The second kappa shape index (κ2) is 10.9. The highest BCUT2D eigenvalue weighted by Gasteiger charge is 2.41. The summed E-state index contributed by atoms with van der Waals surface area (Å²) in [6, 6.07) is 20.1. The minimum Gasteiger partial charge on any atom is -0.478 e. The maximum Gasteiger partial charge on any atom is 0.338 e. The molecule has 0 saturated carbocycles. The predicted octanol–water partition coefficient (Wildman–Crippen LogP) is 5.91. The summed E-state index contributed by atoms with van der Waals surface area (Å²) in [4.78, 5) is 25.5. The Bertz CT molecular complexity index is 1770. The van der Waals surface area contributed by atoms with E-state index in [4.69, 9.17) is 4.28 Å². The van der Waals surface area contributed by atoms with Crippen LogP contribution in [0.4, 0.5) is 0 Å². The molecule has 204 valence electrons. The van der Waals surface area contributed by atoms with Crippen molar-refractivity contribution >= 4 is 55.8 Å². The van der Waals surface area contributed by atoms with Gasteiger partial charge in [-0.1, -0.05) is 98.1 Å². The lowest BCUT2D eigenvalue weighted by Crippen LogP contribution is -2.26. The van der Waals surface area contributed by atoms with Crippen LogP contribution < -0.4 is 0 Å². The molecule has 0 saturated heterocycles. The summed E-state index contributed by atoms with van der Waals surface area (Å²) in [6.07, 6.45) is 4.55. The highest BCUT2D eigenvalue weighted by molar-refractivity contribution is 7.86. The summed E-state index contributed by atoms with van der Waals surface area (Å²) in [6.45, 7) is 2.00. The summed E-state index contributed by atoms with van der Waals surface area (Å²) < 4.78 is 30.2. The summed E-state index contributed by atoms with van der Waals surface area (Å²) >= 11 is 0. The molecule has 0 unspecified atom stereocenters. The third-order valence-corrected chi connectivity index (χ3v) is 8.11. The molecule has 0 aliphatic heterocycles. The fraction of sp³-hybridized carbons (Fsp3) is 0.194. The van der Waals surface area contributed by atoms with E-state index in [-0.39, 0.29) is 22.6 Å². The number of benzene rings is 3. The lowest BCUT2D eigenvalue weighted by Gasteiger charge is -2.25. The Balaban J connectivity index is 1.77. The number of nitrogens with zero attached hydrogens (tertiary/aromatic N) is 1. The maximum atomic E-state index is 12.9. The van der Waals surface area contributed by atoms with Gasteiger partial charge in [0, 0.05) is 16.7 Å². The van der Waals surface area contributed by atoms with Crippen LogP contribution in [-0.4, -0.2) is 42.0 Å². The number of oxime groups is 1. The second-order valence-corrected chi connectivity index (χ2v) is 11.3. The first kappa shape index (κ1) is 27.1. The van der Waals surface area contributed by atoms with Crippen LogP contribution in [0, 0.1) is 0 Å². The highest BCUT2D eigenvalue weighted by Crippen LogP contribution is 2.49. The monoisotopic (exact) mass is 557 g/mol. The maximum absolute atomic E-state index is 12.9. The third kappa shape index (κ3) is 4.96. The number of carbonyl (C=O) groups is 2. The van der Waals surface area contributed by atoms with Crippen LogP contribution in [-0.2, 0) is 24.0 Å². The third-order valence-electron chi connectivity index (χ3n) is 7.02. The van der Waals surface area contributed by atoms with Crippen molar-refractivity contribution in [3.05, 3.63) is 100 Å². The number of unbranched alkanes of at least 4 members (excludes halogenated alkanes) is 3. The second-order valence-electron chi connectivity index (χ2n) is 9.62. The van der Waals surface area contributed by atoms with Gasteiger partial charge < -0.3 is 10.2 Å². The Morgan fingerprint density at radius 3 is 2.23 bits per heavy atom. The van der Waals surface area contributed by atoms with Crippen LogP contribution in [0.15, 0.2) is 88.6 Å². The number of carboxylic acids is 2. The van der Waals surface area contributed by atoms with Gasteiger partial charge in [-0.3, -0.25) is 4.28 Å². The van der Waals surface area contributed by atoms with Gasteiger partial charge >= 0.3 is 22.1 Å². The van der Waals surface area contributed by atoms with E-state index in [9.17, 15) is 28.2 Å². The van der Waals surface area contributed by atoms with Crippen molar-refractivity contribution in [3.63, 3.8) is 0 Å². The Kier molecular flexibility index (Phi) is 7.40. The first-order valence-electron chi connectivity index (χ1n) is 13.0. The molecule has 9 heteroatoms. The molecule has 0 fully saturated rings. The molecule has 2 aliphatic rings. The standard InChI is InChI=1S/C31H27NO7S/c1-2-3-4-9-17-40(37,38)39-32-29-24-18-20-12-6-8-15-22(20)25(24)26(27(30(33)34)28(29)31(35)36)23-16-10-13-19-11-5-7-14-21(19)23/h5-8,10-16,18H,2-4,9,17H2,1H3,(H,33,34)(H,35,36). The van der Waals surface area contributed by atoms with E-state index in [1.54, 1.807) is 24.3 Å². The summed E-state index contributed by atoms with van der Waals surface area (Å²) in [5.74, 6) is -3.33. The van der Waals surface area contributed by atoms with E-state index in [1.165, 1.54) is 0 Å². The molecule has 0 aromatic heterocycles. The smallest absolute Gasteiger partial charge is 0.338 e. The van der Waals surface area contributed by atoms with E-state index in [0.717, 1.165) is 29.2 Å². The molecule has 2 N–H and O–H groups in total. The molecule has 0 spiro atoms. The quantitative estimate of drug-likeness (QED) is 0.234. The van der Waals surface area contributed by atoms with Gasteiger partial charge in [0.15, 0.2) is 0 Å². The van der Waals surface area contributed by atoms with E-state index in [1.807, 2.05) is 55.5 Å². The zero-order valence-corrected chi connectivity index (χ0v) is 22.6. The van der Waals surface area contributed by atoms with Crippen LogP contribution in [0.2, 0.25) is 0 Å². The SMILES string of the molecule is CCCCCCS(=O)(=O)ON=C1C2=Cc3ccccc3C2=C(c2cccc3ccccc23)C(C(=O)O)=C1C(=O)O. The first-order valence-corrected chi connectivity index (χ1v) is 14.6. The van der Waals surface area contributed by atoms with Crippen molar-refractivity contribution in [3.8, 4) is 0 Å². The van der Waals surface area contributed by atoms with E-state index >= 15 is 0 Å². The summed E-state index contributed by atoms with van der Waals surface area (Å²) in [7, 11) is -4.13. The Labute approximate surface area is 231 Å². The average molecular weight is 558 g/mol. The molecule has 0 amide bonds. The molecule has 0 atom stereocenters. The molecule has 2 aliphatic carbocycles. The van der Waals surface area contributed by atoms with Crippen LogP contribution in [0.1, 0.15) is 49.3 Å². The van der Waals surface area contributed by atoms with Gasteiger partial charge in [-0.15, -0.1) is 0 Å². The van der Waals surface area contributed by atoms with Crippen LogP contribution >= 0.6 is 0 Å². The van der Waals surface area contributed by atoms with Crippen LogP contribution in [0.5, 0.6) is 0 Å². The van der Waals surface area contributed by atoms with Crippen molar-refractivity contribution in [2.24, 2.45) is 5.16 Å². The predicted molar refractivity (Wildman–Crippen MR) is 154 cm³/mol. The lowest BCUT2D eigenvalue weighted by molar-refractivity contribution is -0.135. The molecule has 0 bridgehead atoms. The molecular weight excluding hydrogens is 530 g/mol. The number of allylic oxidation sites excluding steroid dienone is 2. The van der Waals surface area contributed by atoms with Crippen molar-refractivity contribution in [2.45, 2.75) is 32.6 Å². The van der Waals surface area contributed by atoms with E-state index < -0.39 is 33.2 Å². The molecule has 0 heterocycles. The minimum absolute atomic E-state index is 0.222. The summed E-state index contributed by atoms with van der Waals surface area (Å²) in [5, 5.41) is 26.2. The van der Waals surface area contributed by atoms with Crippen molar-refractivity contribution < 1.29 is 32.5 Å². The Hall–Kier alpha value is -4.50. The zero-order valence-electron chi connectivity index (χ0n) is 21.8. The van der Waals surface area contributed by atoms with Gasteiger partial charge in [-0.2, -0.15) is 8.42 Å². The van der Waals surface area contributed by atoms with Gasteiger partial charge in [0.1, 0.15) is 11.3 Å². The minimum atomic E-state index is -4.13. The van der Waals surface area contributed by atoms with E-state index in [2.05, 4.69) is 5.16 Å². The number of rotatable bonds is 10. The topological polar surface area (TPSA) is 130 Å². The van der Waals surface area contributed by atoms with Gasteiger partial charge in [0.05, 0.1) is 11.3 Å². The number of carboxylic acid groups (broad SMARTS) is 2. The van der Waals surface area contributed by atoms with Crippen molar-refractivity contribution in [1.29, 1.82) is 0 Å². The zero-order chi connectivity index (χ0) is 28.4. The van der Waals surface area contributed by atoms with Crippen LogP contribution in [0.3, 0.4) is 0 Å². The van der Waals surface area contributed by atoms with Crippen molar-refractivity contribution in [2.75, 3.05) is 5.75 Å². The normalized spacial score (nSPS) is 15.7. The Morgan fingerprint density at radius 1 is 0.800 bits per heavy atom. The van der Waals surface area contributed by atoms with E-state index in [0.29, 0.717) is 29.5 Å². The number of hydrogen-bond acceptors (Lipinski definition) is 6. The van der Waals surface area contributed by atoms with Gasteiger partial charge in [-0.25, -0.2) is 9.59 Å². The van der Waals surface area contributed by atoms with Gasteiger partial charge in [0.2, 0.25) is 0 Å².